The summed E-state index contributed by atoms with van der Waals surface area (Å²) in [7, 11) is 0. The zero-order valence-electron chi connectivity index (χ0n) is 20.3. The maximum atomic E-state index is 15.2. The molecular formula is C31H35F2N. The first-order valence-electron chi connectivity index (χ1n) is 13.0. The molecule has 0 saturated heterocycles. The van der Waals surface area contributed by atoms with Crippen LogP contribution >= 0.6 is 0 Å². The highest BCUT2D eigenvalue weighted by Crippen LogP contribution is 2.34. The molecule has 1 fully saturated rings. The Morgan fingerprint density at radius 3 is 2.24 bits per heavy atom. The van der Waals surface area contributed by atoms with Crippen LogP contribution in [0.3, 0.4) is 0 Å². The lowest BCUT2D eigenvalue weighted by molar-refractivity contribution is 0.250. The smallest absolute Gasteiger partial charge is 0.141 e. The van der Waals surface area contributed by atoms with Crippen LogP contribution in [0.2, 0.25) is 0 Å². The van der Waals surface area contributed by atoms with E-state index >= 15 is 4.39 Å². The standard InChI is InChI=1S/C31H35F2N/c1-2-3-4-22-5-7-23(8-6-22)9-10-24-13-18-29-27(19-24)17-16-26(31(29)33)14-11-25-12-15-28(21-34)30(32)20-25/h12-13,15-20,22-23H,2-11,14H2,1H3. The second-order valence-electron chi connectivity index (χ2n) is 10.1. The molecule has 0 heterocycles. The molecule has 0 radical (unpaired) electrons. The summed E-state index contributed by atoms with van der Waals surface area (Å²) in [4.78, 5) is 0. The van der Waals surface area contributed by atoms with E-state index in [9.17, 15) is 4.39 Å². The van der Waals surface area contributed by atoms with Gasteiger partial charge in [-0.1, -0.05) is 88.3 Å². The van der Waals surface area contributed by atoms with Gasteiger partial charge >= 0.3 is 0 Å². The summed E-state index contributed by atoms with van der Waals surface area (Å²) >= 11 is 0. The van der Waals surface area contributed by atoms with Crippen LogP contribution in [0.5, 0.6) is 0 Å². The van der Waals surface area contributed by atoms with E-state index in [1.54, 1.807) is 6.07 Å². The number of benzene rings is 3. The molecule has 1 saturated carbocycles. The molecule has 0 spiro atoms. The molecule has 1 aliphatic rings. The quantitative estimate of drug-likeness (QED) is 0.314. The van der Waals surface area contributed by atoms with E-state index in [2.05, 4.69) is 19.1 Å². The molecule has 0 aliphatic heterocycles. The van der Waals surface area contributed by atoms with Gasteiger partial charge in [0.15, 0.2) is 0 Å². The largest absolute Gasteiger partial charge is 0.206 e. The van der Waals surface area contributed by atoms with Gasteiger partial charge in [-0.2, -0.15) is 5.26 Å². The van der Waals surface area contributed by atoms with Crippen molar-refractivity contribution in [1.29, 1.82) is 5.26 Å². The van der Waals surface area contributed by atoms with Crippen molar-refractivity contribution in [3.05, 3.63) is 82.4 Å². The van der Waals surface area contributed by atoms with Gasteiger partial charge in [0.05, 0.1) is 5.56 Å². The first-order valence-corrected chi connectivity index (χ1v) is 13.0. The van der Waals surface area contributed by atoms with E-state index in [-0.39, 0.29) is 11.4 Å². The zero-order chi connectivity index (χ0) is 23.9. The maximum Gasteiger partial charge on any atom is 0.141 e. The Labute approximate surface area is 202 Å². The van der Waals surface area contributed by atoms with E-state index < -0.39 is 5.82 Å². The molecule has 1 nitrogen and oxygen atoms in total. The van der Waals surface area contributed by atoms with E-state index in [4.69, 9.17) is 5.26 Å². The van der Waals surface area contributed by atoms with Gasteiger partial charge in [0, 0.05) is 5.39 Å². The van der Waals surface area contributed by atoms with E-state index in [0.717, 1.165) is 29.2 Å². The number of nitrogens with zero attached hydrogens (tertiary/aromatic N) is 1. The molecule has 1 aliphatic carbocycles. The average molecular weight is 460 g/mol. The predicted molar refractivity (Wildman–Crippen MR) is 136 cm³/mol. The highest BCUT2D eigenvalue weighted by Gasteiger charge is 2.20. The summed E-state index contributed by atoms with van der Waals surface area (Å²) in [6.45, 7) is 2.28. The van der Waals surface area contributed by atoms with Crippen molar-refractivity contribution in [2.45, 2.75) is 77.6 Å². The number of hydrogen-bond donors (Lipinski definition) is 0. The molecule has 34 heavy (non-hydrogen) atoms. The predicted octanol–water partition coefficient (Wildman–Crippen LogP) is 8.70. The molecule has 3 aromatic carbocycles. The number of fused-ring (bicyclic) bond motifs is 1. The summed E-state index contributed by atoms with van der Waals surface area (Å²) in [5, 5.41) is 10.5. The van der Waals surface area contributed by atoms with Crippen LogP contribution in [0.15, 0.2) is 48.5 Å². The Balaban J connectivity index is 1.34. The van der Waals surface area contributed by atoms with Crippen molar-refractivity contribution in [2.24, 2.45) is 11.8 Å². The minimum Gasteiger partial charge on any atom is -0.206 e. The van der Waals surface area contributed by atoms with Gasteiger partial charge in [0.2, 0.25) is 0 Å². The summed E-state index contributed by atoms with van der Waals surface area (Å²) in [5.41, 5.74) is 2.74. The Morgan fingerprint density at radius 2 is 1.53 bits per heavy atom. The third-order valence-electron chi connectivity index (χ3n) is 7.71. The average Bonchev–Trinajstić information content (AvgIpc) is 2.86. The lowest BCUT2D eigenvalue weighted by Gasteiger charge is -2.28. The van der Waals surface area contributed by atoms with Crippen LogP contribution in [0.25, 0.3) is 10.8 Å². The fourth-order valence-electron chi connectivity index (χ4n) is 5.49. The first-order chi connectivity index (χ1) is 16.6. The van der Waals surface area contributed by atoms with Gasteiger partial charge in [-0.3, -0.25) is 0 Å². The van der Waals surface area contributed by atoms with E-state index in [0.29, 0.717) is 23.8 Å². The van der Waals surface area contributed by atoms with Crippen LogP contribution in [0, 0.1) is 34.8 Å². The Hall–Kier alpha value is -2.73. The Kier molecular flexibility index (Phi) is 8.33. The summed E-state index contributed by atoms with van der Waals surface area (Å²) < 4.78 is 29.0. The lowest BCUT2D eigenvalue weighted by Crippen LogP contribution is -2.15. The van der Waals surface area contributed by atoms with E-state index in [1.165, 1.54) is 69.1 Å². The molecule has 0 bridgehead atoms. The topological polar surface area (TPSA) is 23.8 Å². The zero-order valence-corrected chi connectivity index (χ0v) is 20.3. The van der Waals surface area contributed by atoms with Gasteiger partial charge < -0.3 is 0 Å². The SMILES string of the molecule is CCCCC1CCC(CCc2ccc3c(F)c(CCc4ccc(C#N)c(F)c4)ccc3c2)CC1. The fourth-order valence-corrected chi connectivity index (χ4v) is 5.49. The molecule has 0 amide bonds. The molecular weight excluding hydrogens is 424 g/mol. The third kappa shape index (κ3) is 6.03. The van der Waals surface area contributed by atoms with Crippen molar-refractivity contribution in [3.8, 4) is 6.07 Å². The van der Waals surface area contributed by atoms with Crippen LogP contribution in [0.4, 0.5) is 8.78 Å². The van der Waals surface area contributed by atoms with Gasteiger partial charge in [-0.25, -0.2) is 8.78 Å². The van der Waals surface area contributed by atoms with Crippen LogP contribution in [-0.2, 0) is 19.3 Å². The minimum absolute atomic E-state index is 0.0381. The van der Waals surface area contributed by atoms with Crippen molar-refractivity contribution in [1.82, 2.24) is 0 Å². The number of unbranched alkanes of at least 4 members (excludes halogenated alkanes) is 1. The molecule has 178 valence electrons. The number of halogens is 2. The van der Waals surface area contributed by atoms with Gasteiger partial charge in [-0.05, 0) is 71.7 Å². The Morgan fingerprint density at radius 1 is 0.824 bits per heavy atom. The number of aryl methyl sites for hydroxylation is 3. The Bertz CT molecular complexity index is 1150. The number of nitriles is 1. The normalized spacial score (nSPS) is 18.2. The lowest BCUT2D eigenvalue weighted by atomic mass is 9.78. The van der Waals surface area contributed by atoms with Crippen molar-refractivity contribution in [3.63, 3.8) is 0 Å². The first kappa shape index (κ1) is 24.4. The molecule has 3 aromatic rings. The van der Waals surface area contributed by atoms with Crippen molar-refractivity contribution < 1.29 is 8.78 Å². The van der Waals surface area contributed by atoms with Crippen molar-refractivity contribution >= 4 is 10.8 Å². The maximum absolute atomic E-state index is 15.2. The molecule has 0 atom stereocenters. The van der Waals surface area contributed by atoms with Gasteiger partial charge in [-0.15, -0.1) is 0 Å². The summed E-state index contributed by atoms with van der Waals surface area (Å²) in [6.07, 6.45) is 12.9. The highest BCUT2D eigenvalue weighted by atomic mass is 19.1. The monoisotopic (exact) mass is 459 g/mol. The minimum atomic E-state index is -0.518. The van der Waals surface area contributed by atoms with Crippen LogP contribution in [-0.4, -0.2) is 0 Å². The highest BCUT2D eigenvalue weighted by molar-refractivity contribution is 5.84. The van der Waals surface area contributed by atoms with E-state index in [1.807, 2.05) is 24.3 Å². The third-order valence-corrected chi connectivity index (χ3v) is 7.71. The summed E-state index contributed by atoms with van der Waals surface area (Å²) in [5.74, 6) is 1.09. The van der Waals surface area contributed by atoms with Gasteiger partial charge in [0.1, 0.15) is 17.7 Å². The molecule has 0 unspecified atom stereocenters. The molecule has 0 N–H and O–H groups in total. The van der Waals surface area contributed by atoms with Crippen LogP contribution < -0.4 is 0 Å². The summed E-state index contributed by atoms with van der Waals surface area (Å²) in [6, 6.07) is 16.5. The molecule has 0 aromatic heterocycles. The second kappa shape index (κ2) is 11.6. The van der Waals surface area contributed by atoms with Gasteiger partial charge in [0.25, 0.3) is 0 Å². The number of hydrogen-bond acceptors (Lipinski definition) is 1. The number of rotatable bonds is 9. The molecule has 4 rings (SSSR count). The molecule has 3 heteroatoms. The fraction of sp³-hybridized carbons (Fsp3) is 0.452. The second-order valence-corrected chi connectivity index (χ2v) is 10.1. The van der Waals surface area contributed by atoms with Crippen LogP contribution in [0.1, 0.15) is 80.5 Å². The van der Waals surface area contributed by atoms with Crippen molar-refractivity contribution in [2.75, 3.05) is 0 Å².